The van der Waals surface area contributed by atoms with E-state index in [1.807, 2.05) is 11.8 Å². The van der Waals surface area contributed by atoms with Crippen LogP contribution in [0.4, 0.5) is 0 Å². The maximum atomic E-state index is 13.2. The number of methoxy groups -OCH3 is 1. The molecule has 0 saturated carbocycles. The minimum absolute atomic E-state index is 0.00519. The topological polar surface area (TPSA) is 79.9 Å². The third kappa shape index (κ3) is 4.26. The average Bonchev–Trinajstić information content (AvgIpc) is 2.99. The summed E-state index contributed by atoms with van der Waals surface area (Å²) in [4.78, 5) is 27.4. The van der Waals surface area contributed by atoms with Crippen LogP contribution in [0.2, 0.25) is 0 Å². The Bertz CT molecular complexity index is 440. The van der Waals surface area contributed by atoms with Crippen molar-refractivity contribution < 1.29 is 19.1 Å². The molecule has 0 aromatic rings. The van der Waals surface area contributed by atoms with E-state index >= 15 is 0 Å². The van der Waals surface area contributed by atoms with E-state index in [0.29, 0.717) is 19.8 Å². The van der Waals surface area contributed by atoms with E-state index in [9.17, 15) is 9.59 Å². The SMILES string of the molecule is CN[C@@H](C)C(=O)N[C@H](C(=O)N1CC[C@H](OC)[C@H]1C)C1CCOCC1. The molecule has 2 N–H and O–H groups in total. The zero-order valence-electron chi connectivity index (χ0n) is 15.2. The van der Waals surface area contributed by atoms with Crippen molar-refractivity contribution in [3.63, 3.8) is 0 Å². The molecule has 0 aromatic carbocycles. The minimum atomic E-state index is -0.491. The second-order valence-corrected chi connectivity index (χ2v) is 6.78. The van der Waals surface area contributed by atoms with E-state index in [0.717, 1.165) is 19.3 Å². The molecule has 0 spiro atoms. The van der Waals surface area contributed by atoms with Crippen LogP contribution in [0.15, 0.2) is 0 Å². The molecule has 7 heteroatoms. The summed E-state index contributed by atoms with van der Waals surface area (Å²) >= 11 is 0. The molecular weight excluding hydrogens is 310 g/mol. The second kappa shape index (κ2) is 8.78. The first-order chi connectivity index (χ1) is 11.5. The largest absolute Gasteiger partial charge is 0.381 e. The molecule has 0 radical (unpaired) electrons. The molecule has 2 amide bonds. The highest BCUT2D eigenvalue weighted by molar-refractivity contribution is 5.90. The van der Waals surface area contributed by atoms with Crippen LogP contribution >= 0.6 is 0 Å². The predicted molar refractivity (Wildman–Crippen MR) is 90.6 cm³/mol. The highest BCUT2D eigenvalue weighted by Gasteiger charge is 2.40. The molecule has 0 aliphatic carbocycles. The Kier molecular flexibility index (Phi) is 7.01. The van der Waals surface area contributed by atoms with Gasteiger partial charge in [0.2, 0.25) is 11.8 Å². The number of rotatable bonds is 6. The molecule has 4 atom stereocenters. The second-order valence-electron chi connectivity index (χ2n) is 6.78. The smallest absolute Gasteiger partial charge is 0.245 e. The number of amides is 2. The van der Waals surface area contributed by atoms with Gasteiger partial charge in [-0.1, -0.05) is 0 Å². The summed E-state index contributed by atoms with van der Waals surface area (Å²) in [5.41, 5.74) is 0. The Morgan fingerprint density at radius 2 is 1.92 bits per heavy atom. The van der Waals surface area contributed by atoms with Crippen LogP contribution in [-0.4, -0.2) is 74.9 Å². The molecule has 2 aliphatic heterocycles. The standard InChI is InChI=1S/C17H31N3O4/c1-11(18-3)16(21)19-15(13-6-9-24-10-7-13)17(22)20-8-5-14(23-4)12(20)2/h11-15,18H,5-10H2,1-4H3,(H,19,21)/t11-,12+,14-,15-/m0/s1. The quantitative estimate of drug-likeness (QED) is 0.718. The van der Waals surface area contributed by atoms with Crippen molar-refractivity contribution in [2.75, 3.05) is 33.9 Å². The van der Waals surface area contributed by atoms with E-state index in [-0.39, 0.29) is 35.9 Å². The van der Waals surface area contributed by atoms with Gasteiger partial charge >= 0.3 is 0 Å². The van der Waals surface area contributed by atoms with Gasteiger partial charge in [-0.05, 0) is 46.1 Å². The molecule has 2 aliphatic rings. The molecule has 24 heavy (non-hydrogen) atoms. The number of ether oxygens (including phenoxy) is 2. The minimum Gasteiger partial charge on any atom is -0.381 e. The predicted octanol–water partition coefficient (Wildman–Crippen LogP) is 0.142. The lowest BCUT2D eigenvalue weighted by Crippen LogP contribution is -2.57. The first-order valence-electron chi connectivity index (χ1n) is 8.88. The maximum absolute atomic E-state index is 13.2. The zero-order chi connectivity index (χ0) is 17.7. The van der Waals surface area contributed by atoms with E-state index in [1.165, 1.54) is 0 Å². The summed E-state index contributed by atoms with van der Waals surface area (Å²) in [5.74, 6) is -0.0175. The highest BCUT2D eigenvalue weighted by Crippen LogP contribution is 2.25. The monoisotopic (exact) mass is 341 g/mol. The summed E-state index contributed by atoms with van der Waals surface area (Å²) in [6, 6.07) is -0.790. The zero-order valence-corrected chi connectivity index (χ0v) is 15.2. The first kappa shape index (κ1) is 19.1. The van der Waals surface area contributed by atoms with Crippen LogP contribution < -0.4 is 10.6 Å². The number of hydrogen-bond donors (Lipinski definition) is 2. The van der Waals surface area contributed by atoms with Crippen LogP contribution in [0, 0.1) is 5.92 Å². The molecule has 2 heterocycles. The van der Waals surface area contributed by atoms with Gasteiger partial charge in [0.05, 0.1) is 18.2 Å². The van der Waals surface area contributed by atoms with Crippen molar-refractivity contribution in [3.8, 4) is 0 Å². The third-order valence-electron chi connectivity index (χ3n) is 5.40. The van der Waals surface area contributed by atoms with Gasteiger partial charge in [-0.15, -0.1) is 0 Å². The number of hydrogen-bond acceptors (Lipinski definition) is 5. The molecule has 138 valence electrons. The molecular formula is C17H31N3O4. The normalized spacial score (nSPS) is 27.8. The summed E-state index contributed by atoms with van der Waals surface area (Å²) in [6.07, 6.45) is 2.49. The van der Waals surface area contributed by atoms with Gasteiger partial charge in [-0.25, -0.2) is 0 Å². The molecule has 0 aromatic heterocycles. The van der Waals surface area contributed by atoms with Crippen molar-refractivity contribution in [2.24, 2.45) is 5.92 Å². The van der Waals surface area contributed by atoms with Crippen molar-refractivity contribution in [1.82, 2.24) is 15.5 Å². The number of carbonyl (C=O) groups is 2. The van der Waals surface area contributed by atoms with Crippen LogP contribution in [0.1, 0.15) is 33.1 Å². The summed E-state index contributed by atoms with van der Waals surface area (Å²) in [6.45, 7) is 5.76. The first-order valence-corrected chi connectivity index (χ1v) is 8.88. The van der Waals surface area contributed by atoms with Gasteiger partial charge in [-0.3, -0.25) is 9.59 Å². The lowest BCUT2D eigenvalue weighted by molar-refractivity contribution is -0.140. The van der Waals surface area contributed by atoms with E-state index in [2.05, 4.69) is 10.6 Å². The summed E-state index contributed by atoms with van der Waals surface area (Å²) < 4.78 is 10.9. The van der Waals surface area contributed by atoms with Crippen molar-refractivity contribution in [1.29, 1.82) is 0 Å². The number of nitrogens with one attached hydrogen (secondary N) is 2. The van der Waals surface area contributed by atoms with Crippen LogP contribution in [0.5, 0.6) is 0 Å². The van der Waals surface area contributed by atoms with Gasteiger partial charge < -0.3 is 25.0 Å². The molecule has 0 unspecified atom stereocenters. The maximum Gasteiger partial charge on any atom is 0.245 e. The number of likely N-dealkylation sites (tertiary alicyclic amines) is 1. The Hall–Kier alpha value is -1.18. The Morgan fingerprint density at radius 1 is 1.25 bits per heavy atom. The van der Waals surface area contributed by atoms with Gasteiger partial charge in [-0.2, -0.15) is 0 Å². The van der Waals surface area contributed by atoms with Crippen molar-refractivity contribution in [2.45, 2.75) is 57.3 Å². The lowest BCUT2D eigenvalue weighted by Gasteiger charge is -2.35. The van der Waals surface area contributed by atoms with Crippen LogP contribution in [0.25, 0.3) is 0 Å². The molecule has 2 saturated heterocycles. The third-order valence-corrected chi connectivity index (χ3v) is 5.40. The van der Waals surface area contributed by atoms with Crippen LogP contribution in [0.3, 0.4) is 0 Å². The molecule has 2 fully saturated rings. The Balaban J connectivity index is 2.12. The number of carbonyl (C=O) groups excluding carboxylic acids is 2. The molecule has 7 nitrogen and oxygen atoms in total. The fourth-order valence-corrected chi connectivity index (χ4v) is 3.56. The van der Waals surface area contributed by atoms with Gasteiger partial charge in [0.15, 0.2) is 0 Å². The number of nitrogens with zero attached hydrogens (tertiary/aromatic N) is 1. The Morgan fingerprint density at radius 3 is 2.46 bits per heavy atom. The van der Waals surface area contributed by atoms with Gasteiger partial charge in [0.1, 0.15) is 6.04 Å². The Labute approximate surface area is 144 Å². The van der Waals surface area contributed by atoms with E-state index in [4.69, 9.17) is 9.47 Å². The highest BCUT2D eigenvalue weighted by atomic mass is 16.5. The van der Waals surface area contributed by atoms with Gasteiger partial charge in [0, 0.05) is 26.9 Å². The van der Waals surface area contributed by atoms with E-state index < -0.39 is 6.04 Å². The van der Waals surface area contributed by atoms with Crippen molar-refractivity contribution >= 4 is 11.8 Å². The molecule has 0 bridgehead atoms. The lowest BCUT2D eigenvalue weighted by atomic mass is 9.90. The fraction of sp³-hybridized carbons (Fsp3) is 0.882. The number of likely N-dealkylation sites (N-methyl/N-ethyl adjacent to an activating group) is 1. The fourth-order valence-electron chi connectivity index (χ4n) is 3.56. The average molecular weight is 341 g/mol. The van der Waals surface area contributed by atoms with E-state index in [1.54, 1.807) is 21.1 Å². The van der Waals surface area contributed by atoms with Crippen LogP contribution in [-0.2, 0) is 19.1 Å². The van der Waals surface area contributed by atoms with Crippen molar-refractivity contribution in [3.05, 3.63) is 0 Å². The summed E-state index contributed by atoms with van der Waals surface area (Å²) in [7, 11) is 3.42. The molecule has 2 rings (SSSR count). The van der Waals surface area contributed by atoms with Gasteiger partial charge in [0.25, 0.3) is 0 Å². The summed E-state index contributed by atoms with van der Waals surface area (Å²) in [5, 5.41) is 5.90.